The highest BCUT2D eigenvalue weighted by molar-refractivity contribution is 4.86. The summed E-state index contributed by atoms with van der Waals surface area (Å²) in [5.74, 6) is 0.797. The van der Waals surface area contributed by atoms with E-state index in [-0.39, 0.29) is 0 Å². The lowest BCUT2D eigenvalue weighted by molar-refractivity contribution is -0.00194. The maximum atomic E-state index is 5.54. The van der Waals surface area contributed by atoms with Crippen molar-refractivity contribution in [2.45, 2.75) is 40.0 Å². The zero-order chi connectivity index (χ0) is 13.4. The molecule has 0 aliphatic carbocycles. The molecule has 3 heteroatoms. The molecule has 0 aromatic carbocycles. The highest BCUT2D eigenvalue weighted by atomic mass is 16.5. The van der Waals surface area contributed by atoms with Gasteiger partial charge in [0.25, 0.3) is 0 Å². The van der Waals surface area contributed by atoms with Crippen LogP contribution in [0.15, 0.2) is 0 Å². The number of nitrogens with zero attached hydrogens (tertiary/aromatic N) is 1. The molecule has 1 aliphatic heterocycles. The summed E-state index contributed by atoms with van der Waals surface area (Å²) in [6.07, 6.45) is 3.67. The third-order valence-corrected chi connectivity index (χ3v) is 4.23. The van der Waals surface area contributed by atoms with Crippen molar-refractivity contribution in [2.75, 3.05) is 46.4 Å². The molecular weight excluding hydrogens is 224 g/mol. The third-order valence-electron chi connectivity index (χ3n) is 4.23. The smallest absolute Gasteiger partial charge is 0.0472 e. The van der Waals surface area contributed by atoms with Crippen molar-refractivity contribution in [2.24, 2.45) is 11.3 Å². The van der Waals surface area contributed by atoms with Crippen LogP contribution in [0.3, 0.4) is 0 Å². The number of ether oxygens (including phenoxy) is 1. The van der Waals surface area contributed by atoms with Crippen LogP contribution in [0.25, 0.3) is 0 Å². The second-order valence-electron chi connectivity index (χ2n) is 6.10. The molecule has 0 aromatic heterocycles. The molecule has 0 spiro atoms. The molecule has 0 radical (unpaired) electrons. The van der Waals surface area contributed by atoms with Gasteiger partial charge < -0.3 is 15.0 Å². The predicted molar refractivity (Wildman–Crippen MR) is 78.0 cm³/mol. The summed E-state index contributed by atoms with van der Waals surface area (Å²) in [4.78, 5) is 2.52. The van der Waals surface area contributed by atoms with Crippen molar-refractivity contribution in [3.05, 3.63) is 0 Å². The first-order valence-electron chi connectivity index (χ1n) is 7.59. The Kier molecular flexibility index (Phi) is 7.20. The second-order valence-corrected chi connectivity index (χ2v) is 6.10. The fraction of sp³-hybridized carbons (Fsp3) is 1.00. The van der Waals surface area contributed by atoms with Crippen molar-refractivity contribution in [3.63, 3.8) is 0 Å². The summed E-state index contributed by atoms with van der Waals surface area (Å²) in [7, 11) is 2.27. The van der Waals surface area contributed by atoms with E-state index in [1.807, 2.05) is 0 Å². The van der Waals surface area contributed by atoms with Crippen LogP contribution < -0.4 is 5.32 Å². The zero-order valence-corrected chi connectivity index (χ0v) is 12.8. The van der Waals surface area contributed by atoms with E-state index in [9.17, 15) is 0 Å². The Morgan fingerprint density at radius 3 is 2.50 bits per heavy atom. The summed E-state index contributed by atoms with van der Waals surface area (Å²) >= 11 is 0. The molecule has 108 valence electrons. The first kappa shape index (κ1) is 15.9. The van der Waals surface area contributed by atoms with E-state index in [0.717, 1.165) is 32.2 Å². The average molecular weight is 256 g/mol. The lowest BCUT2D eigenvalue weighted by Gasteiger charge is -2.40. The largest absolute Gasteiger partial charge is 0.381 e. The minimum Gasteiger partial charge on any atom is -0.381 e. The topological polar surface area (TPSA) is 24.5 Å². The third kappa shape index (κ3) is 5.25. The van der Waals surface area contributed by atoms with Gasteiger partial charge in [-0.15, -0.1) is 0 Å². The first-order chi connectivity index (χ1) is 8.62. The Balaban J connectivity index is 2.49. The van der Waals surface area contributed by atoms with Crippen LogP contribution in [0.2, 0.25) is 0 Å². The van der Waals surface area contributed by atoms with E-state index in [0.29, 0.717) is 5.41 Å². The van der Waals surface area contributed by atoms with Gasteiger partial charge in [0.1, 0.15) is 0 Å². The zero-order valence-electron chi connectivity index (χ0n) is 12.8. The molecule has 1 N–H and O–H groups in total. The molecule has 0 amide bonds. The van der Waals surface area contributed by atoms with Gasteiger partial charge in [0.15, 0.2) is 0 Å². The summed E-state index contributed by atoms with van der Waals surface area (Å²) < 4.78 is 5.54. The van der Waals surface area contributed by atoms with Crippen molar-refractivity contribution < 1.29 is 4.74 Å². The van der Waals surface area contributed by atoms with E-state index >= 15 is 0 Å². The molecule has 18 heavy (non-hydrogen) atoms. The summed E-state index contributed by atoms with van der Waals surface area (Å²) in [5, 5.41) is 3.55. The van der Waals surface area contributed by atoms with Crippen LogP contribution in [-0.4, -0.2) is 51.3 Å². The quantitative estimate of drug-likeness (QED) is 0.721. The van der Waals surface area contributed by atoms with E-state index in [2.05, 4.69) is 38.0 Å². The van der Waals surface area contributed by atoms with Crippen molar-refractivity contribution in [3.8, 4) is 0 Å². The van der Waals surface area contributed by atoms with Gasteiger partial charge in [0, 0.05) is 32.8 Å². The summed E-state index contributed by atoms with van der Waals surface area (Å²) in [6.45, 7) is 13.3. The molecule has 1 fully saturated rings. The van der Waals surface area contributed by atoms with Gasteiger partial charge in [-0.05, 0) is 37.8 Å². The van der Waals surface area contributed by atoms with Crippen LogP contribution >= 0.6 is 0 Å². The molecule has 1 atom stereocenters. The molecule has 3 nitrogen and oxygen atoms in total. The van der Waals surface area contributed by atoms with Gasteiger partial charge in [-0.2, -0.15) is 0 Å². The fourth-order valence-electron chi connectivity index (χ4n) is 2.88. The van der Waals surface area contributed by atoms with Crippen LogP contribution in [0.5, 0.6) is 0 Å². The van der Waals surface area contributed by atoms with Gasteiger partial charge in [0.2, 0.25) is 0 Å². The van der Waals surface area contributed by atoms with Gasteiger partial charge in [0.05, 0.1) is 0 Å². The molecular formula is C15H32N2O. The normalized spacial score (nSPS) is 21.2. The van der Waals surface area contributed by atoms with Crippen LogP contribution in [0.4, 0.5) is 0 Å². The lowest BCUT2D eigenvalue weighted by atomic mass is 9.79. The Morgan fingerprint density at radius 1 is 1.28 bits per heavy atom. The maximum Gasteiger partial charge on any atom is 0.0472 e. The second kappa shape index (κ2) is 8.13. The number of nitrogens with one attached hydrogen (secondary N) is 1. The van der Waals surface area contributed by atoms with Gasteiger partial charge in [-0.1, -0.05) is 27.2 Å². The van der Waals surface area contributed by atoms with E-state index < -0.39 is 0 Å². The molecule has 1 saturated heterocycles. The van der Waals surface area contributed by atoms with Gasteiger partial charge in [-0.3, -0.25) is 0 Å². The van der Waals surface area contributed by atoms with E-state index in [1.165, 1.54) is 32.4 Å². The molecule has 0 aromatic rings. The standard InChI is InChI=1S/C15H32N2O/c1-5-14(3)11-17(4)13-15(12-16-6-2)7-9-18-10-8-15/h14,16H,5-13H2,1-4H3. The fourth-order valence-corrected chi connectivity index (χ4v) is 2.88. The Labute approximate surface area is 113 Å². The minimum atomic E-state index is 0.427. The highest BCUT2D eigenvalue weighted by Crippen LogP contribution is 2.30. The average Bonchev–Trinajstić information content (AvgIpc) is 2.37. The Morgan fingerprint density at radius 2 is 1.94 bits per heavy atom. The van der Waals surface area contributed by atoms with Crippen LogP contribution in [0, 0.1) is 11.3 Å². The minimum absolute atomic E-state index is 0.427. The first-order valence-corrected chi connectivity index (χ1v) is 7.59. The van der Waals surface area contributed by atoms with Crippen LogP contribution in [0.1, 0.15) is 40.0 Å². The van der Waals surface area contributed by atoms with Crippen LogP contribution in [-0.2, 0) is 4.74 Å². The maximum absolute atomic E-state index is 5.54. The lowest BCUT2D eigenvalue weighted by Crippen LogP contribution is -2.47. The Hall–Kier alpha value is -0.120. The number of hydrogen-bond donors (Lipinski definition) is 1. The van der Waals surface area contributed by atoms with Gasteiger partial charge >= 0.3 is 0 Å². The molecule has 0 saturated carbocycles. The highest BCUT2D eigenvalue weighted by Gasteiger charge is 2.33. The van der Waals surface area contributed by atoms with E-state index in [4.69, 9.17) is 4.74 Å². The summed E-state index contributed by atoms with van der Waals surface area (Å²) in [5.41, 5.74) is 0.427. The van der Waals surface area contributed by atoms with Crippen molar-refractivity contribution in [1.29, 1.82) is 0 Å². The number of rotatable bonds is 8. The summed E-state index contributed by atoms with van der Waals surface area (Å²) in [6, 6.07) is 0. The molecule has 1 unspecified atom stereocenters. The van der Waals surface area contributed by atoms with Gasteiger partial charge in [-0.25, -0.2) is 0 Å². The molecule has 1 heterocycles. The van der Waals surface area contributed by atoms with Crippen molar-refractivity contribution in [1.82, 2.24) is 10.2 Å². The molecule has 1 rings (SSSR count). The molecule has 1 aliphatic rings. The Bertz CT molecular complexity index is 215. The SMILES string of the molecule is CCNCC1(CN(C)CC(C)CC)CCOCC1. The number of hydrogen-bond acceptors (Lipinski definition) is 3. The van der Waals surface area contributed by atoms with E-state index in [1.54, 1.807) is 0 Å². The predicted octanol–water partition coefficient (Wildman–Crippen LogP) is 2.37. The monoisotopic (exact) mass is 256 g/mol. The van der Waals surface area contributed by atoms with Crippen molar-refractivity contribution >= 4 is 0 Å². The molecule has 0 bridgehead atoms.